The summed E-state index contributed by atoms with van der Waals surface area (Å²) in [5, 5.41) is 0. The van der Waals surface area contributed by atoms with Crippen LogP contribution in [0.15, 0.2) is 41.2 Å². The van der Waals surface area contributed by atoms with Crippen LogP contribution in [0.1, 0.15) is 11.1 Å². The molecule has 2 heterocycles. The first-order chi connectivity index (χ1) is 13.1. The number of aromatic nitrogens is 2. The lowest BCUT2D eigenvalue weighted by Crippen LogP contribution is -2.20. The van der Waals surface area contributed by atoms with E-state index < -0.39 is 0 Å². The van der Waals surface area contributed by atoms with Gasteiger partial charge in [0.1, 0.15) is 17.3 Å². The Kier molecular flexibility index (Phi) is 4.19. The molecule has 0 radical (unpaired) electrons. The SMILES string of the molecule is COc1ccc(OC)c(-c2nc3c(c(=O)[nH]2)Cc2cccc(OC)c2O3)c1. The summed E-state index contributed by atoms with van der Waals surface area (Å²) in [6.45, 7) is 0. The molecule has 4 rings (SSSR count). The van der Waals surface area contributed by atoms with E-state index in [0.29, 0.717) is 46.4 Å². The van der Waals surface area contributed by atoms with Crippen LogP contribution in [0.5, 0.6) is 28.9 Å². The van der Waals surface area contributed by atoms with Gasteiger partial charge in [-0.25, -0.2) is 0 Å². The fourth-order valence-electron chi connectivity index (χ4n) is 3.11. The van der Waals surface area contributed by atoms with Crippen molar-refractivity contribution >= 4 is 0 Å². The van der Waals surface area contributed by atoms with Crippen molar-refractivity contribution in [1.29, 1.82) is 0 Å². The Morgan fingerprint density at radius 3 is 2.59 bits per heavy atom. The first kappa shape index (κ1) is 17.0. The van der Waals surface area contributed by atoms with Gasteiger partial charge in [0.15, 0.2) is 11.5 Å². The minimum atomic E-state index is -0.256. The van der Waals surface area contributed by atoms with Gasteiger partial charge in [0.2, 0.25) is 5.88 Å². The van der Waals surface area contributed by atoms with Gasteiger partial charge in [-0.1, -0.05) is 12.1 Å². The van der Waals surface area contributed by atoms with Gasteiger partial charge in [-0.2, -0.15) is 4.98 Å². The molecule has 0 atom stereocenters. The number of para-hydroxylation sites is 1. The van der Waals surface area contributed by atoms with Crippen LogP contribution in [0, 0.1) is 0 Å². The van der Waals surface area contributed by atoms with Crippen molar-refractivity contribution in [2.24, 2.45) is 0 Å². The zero-order valence-electron chi connectivity index (χ0n) is 15.2. The molecule has 1 aliphatic heterocycles. The summed E-state index contributed by atoms with van der Waals surface area (Å²) in [5.41, 5.74) is 1.70. The Morgan fingerprint density at radius 2 is 1.85 bits per heavy atom. The highest BCUT2D eigenvalue weighted by Crippen LogP contribution is 2.41. The lowest BCUT2D eigenvalue weighted by Gasteiger charge is -2.21. The molecule has 7 heteroatoms. The van der Waals surface area contributed by atoms with E-state index in [9.17, 15) is 4.79 Å². The van der Waals surface area contributed by atoms with E-state index in [1.54, 1.807) is 39.5 Å². The molecule has 0 bridgehead atoms. The molecule has 0 aliphatic carbocycles. The summed E-state index contributed by atoms with van der Waals surface area (Å²) >= 11 is 0. The molecule has 0 spiro atoms. The average molecular weight is 366 g/mol. The minimum absolute atomic E-state index is 0.256. The second-order valence-corrected chi connectivity index (χ2v) is 5.99. The monoisotopic (exact) mass is 366 g/mol. The number of benzene rings is 2. The highest BCUT2D eigenvalue weighted by Gasteiger charge is 2.25. The van der Waals surface area contributed by atoms with Crippen molar-refractivity contribution in [3.63, 3.8) is 0 Å². The van der Waals surface area contributed by atoms with Gasteiger partial charge >= 0.3 is 0 Å². The predicted molar refractivity (Wildman–Crippen MR) is 99.3 cm³/mol. The smallest absolute Gasteiger partial charge is 0.258 e. The van der Waals surface area contributed by atoms with E-state index in [0.717, 1.165) is 5.56 Å². The van der Waals surface area contributed by atoms with E-state index in [4.69, 9.17) is 18.9 Å². The lowest BCUT2D eigenvalue weighted by atomic mass is 10.0. The Hall–Kier alpha value is -3.48. The number of hydrogen-bond acceptors (Lipinski definition) is 6. The molecule has 0 fully saturated rings. The number of nitrogens with zero attached hydrogens (tertiary/aromatic N) is 1. The zero-order valence-corrected chi connectivity index (χ0v) is 15.2. The molecule has 0 amide bonds. The summed E-state index contributed by atoms with van der Waals surface area (Å²) in [7, 11) is 4.70. The molecule has 138 valence electrons. The van der Waals surface area contributed by atoms with Crippen molar-refractivity contribution < 1.29 is 18.9 Å². The summed E-state index contributed by atoms with van der Waals surface area (Å²) in [6.07, 6.45) is 0.416. The number of rotatable bonds is 4. The fourth-order valence-corrected chi connectivity index (χ4v) is 3.11. The number of H-pyrrole nitrogens is 1. The van der Waals surface area contributed by atoms with E-state index >= 15 is 0 Å². The molecule has 1 aliphatic rings. The van der Waals surface area contributed by atoms with Gasteiger partial charge < -0.3 is 23.9 Å². The van der Waals surface area contributed by atoms with Gasteiger partial charge in [-0.05, 0) is 24.3 Å². The number of fused-ring (bicyclic) bond motifs is 2. The molecule has 0 saturated heterocycles. The van der Waals surface area contributed by atoms with Gasteiger partial charge in [0.05, 0.1) is 32.5 Å². The van der Waals surface area contributed by atoms with Crippen molar-refractivity contribution in [2.75, 3.05) is 21.3 Å². The largest absolute Gasteiger partial charge is 0.497 e. The van der Waals surface area contributed by atoms with Gasteiger partial charge in [0.25, 0.3) is 5.56 Å². The van der Waals surface area contributed by atoms with Crippen LogP contribution in [0.25, 0.3) is 11.4 Å². The van der Waals surface area contributed by atoms with Gasteiger partial charge in [0, 0.05) is 12.0 Å². The topological polar surface area (TPSA) is 82.7 Å². The van der Waals surface area contributed by atoms with E-state index in [1.807, 2.05) is 18.2 Å². The van der Waals surface area contributed by atoms with Crippen LogP contribution in [-0.2, 0) is 6.42 Å². The maximum atomic E-state index is 12.7. The zero-order chi connectivity index (χ0) is 19.0. The molecule has 27 heavy (non-hydrogen) atoms. The average Bonchev–Trinajstić information content (AvgIpc) is 2.71. The standard InChI is InChI=1S/C20H18N2O5/c1-24-12-7-8-15(25-2)13(10-12)18-21-19(23)14-9-11-5-4-6-16(26-3)17(11)27-20(14)22-18/h4-8,10H,9H2,1-3H3,(H,21,22,23). The summed E-state index contributed by atoms with van der Waals surface area (Å²) in [4.78, 5) is 20.1. The second kappa shape index (κ2) is 6.68. The van der Waals surface area contributed by atoms with Crippen LogP contribution in [0.4, 0.5) is 0 Å². The van der Waals surface area contributed by atoms with Crippen LogP contribution in [0.3, 0.4) is 0 Å². The molecule has 3 aromatic rings. The van der Waals surface area contributed by atoms with E-state index in [-0.39, 0.29) is 11.4 Å². The Morgan fingerprint density at radius 1 is 1.04 bits per heavy atom. The Balaban J connectivity index is 1.85. The molecule has 1 aromatic heterocycles. The first-order valence-corrected chi connectivity index (χ1v) is 8.34. The normalized spacial score (nSPS) is 11.8. The Bertz CT molecular complexity index is 1070. The predicted octanol–water partition coefficient (Wildman–Crippen LogP) is 3.16. The summed E-state index contributed by atoms with van der Waals surface area (Å²) in [5.74, 6) is 2.96. The molecular formula is C20H18N2O5. The number of hydrogen-bond donors (Lipinski definition) is 1. The Labute approximate surface area is 155 Å². The second-order valence-electron chi connectivity index (χ2n) is 5.99. The summed E-state index contributed by atoms with van der Waals surface area (Å²) in [6, 6.07) is 10.9. The highest BCUT2D eigenvalue weighted by molar-refractivity contribution is 5.67. The van der Waals surface area contributed by atoms with Crippen molar-refractivity contribution in [2.45, 2.75) is 6.42 Å². The third-order valence-electron chi connectivity index (χ3n) is 4.49. The van der Waals surface area contributed by atoms with Gasteiger partial charge in [-0.3, -0.25) is 4.79 Å². The van der Waals surface area contributed by atoms with Crippen LogP contribution < -0.4 is 24.5 Å². The highest BCUT2D eigenvalue weighted by atomic mass is 16.5. The number of ether oxygens (including phenoxy) is 4. The van der Waals surface area contributed by atoms with Gasteiger partial charge in [-0.15, -0.1) is 0 Å². The third kappa shape index (κ3) is 2.87. The molecule has 0 unspecified atom stereocenters. The van der Waals surface area contributed by atoms with Crippen molar-refractivity contribution in [1.82, 2.24) is 9.97 Å². The number of aromatic amines is 1. The maximum Gasteiger partial charge on any atom is 0.258 e. The first-order valence-electron chi connectivity index (χ1n) is 8.34. The van der Waals surface area contributed by atoms with Crippen molar-refractivity contribution in [3.05, 3.63) is 57.9 Å². The maximum absolute atomic E-state index is 12.7. The molecule has 7 nitrogen and oxygen atoms in total. The third-order valence-corrected chi connectivity index (χ3v) is 4.49. The number of methoxy groups -OCH3 is 3. The minimum Gasteiger partial charge on any atom is -0.497 e. The van der Waals surface area contributed by atoms with E-state index in [1.165, 1.54) is 0 Å². The lowest BCUT2D eigenvalue weighted by molar-refractivity contribution is 0.365. The summed E-state index contributed by atoms with van der Waals surface area (Å²) < 4.78 is 22.0. The molecule has 0 saturated carbocycles. The quantitative estimate of drug-likeness (QED) is 0.597. The fraction of sp³-hybridized carbons (Fsp3) is 0.200. The van der Waals surface area contributed by atoms with Crippen molar-refractivity contribution in [3.8, 4) is 40.3 Å². The molecule has 1 N–H and O–H groups in total. The number of nitrogens with one attached hydrogen (secondary N) is 1. The molecule has 2 aromatic carbocycles. The molecular weight excluding hydrogens is 348 g/mol. The van der Waals surface area contributed by atoms with Crippen LogP contribution in [0.2, 0.25) is 0 Å². The van der Waals surface area contributed by atoms with Crippen LogP contribution in [-0.4, -0.2) is 31.3 Å². The van der Waals surface area contributed by atoms with E-state index in [2.05, 4.69) is 9.97 Å². The van der Waals surface area contributed by atoms with Crippen LogP contribution >= 0.6 is 0 Å².